The fourth-order valence-electron chi connectivity index (χ4n) is 3.00. The molecule has 5 nitrogen and oxygen atoms in total. The Balaban J connectivity index is 1.51. The van der Waals surface area contributed by atoms with Crippen molar-refractivity contribution in [2.24, 2.45) is 0 Å². The first kappa shape index (κ1) is 16.7. The number of nitrogens with zero attached hydrogens (tertiary/aromatic N) is 2. The van der Waals surface area contributed by atoms with Crippen LogP contribution in [-0.4, -0.2) is 53.5 Å². The van der Waals surface area contributed by atoms with Crippen molar-refractivity contribution >= 4 is 5.91 Å². The topological polar surface area (TPSA) is 56.9 Å². The fourth-order valence-corrected chi connectivity index (χ4v) is 3.00. The van der Waals surface area contributed by atoms with E-state index >= 15 is 0 Å². The van der Waals surface area contributed by atoms with E-state index in [2.05, 4.69) is 4.90 Å². The Morgan fingerprint density at radius 1 is 1.12 bits per heavy atom. The van der Waals surface area contributed by atoms with Crippen LogP contribution in [0.3, 0.4) is 0 Å². The van der Waals surface area contributed by atoms with Crippen LogP contribution in [0.15, 0.2) is 46.9 Å². The minimum atomic E-state index is -0.495. The Labute approximate surface area is 142 Å². The second kappa shape index (κ2) is 7.64. The smallest absolute Gasteiger partial charge is 0.289 e. The van der Waals surface area contributed by atoms with Gasteiger partial charge in [-0.1, -0.05) is 37.3 Å². The summed E-state index contributed by atoms with van der Waals surface area (Å²) in [7, 11) is 0. The first-order valence-electron chi connectivity index (χ1n) is 8.50. The second-order valence-corrected chi connectivity index (χ2v) is 6.14. The minimum Gasteiger partial charge on any atom is -0.456 e. The highest BCUT2D eigenvalue weighted by molar-refractivity contribution is 5.91. The number of hydrogen-bond acceptors (Lipinski definition) is 4. The molecule has 0 radical (unpaired) electrons. The van der Waals surface area contributed by atoms with E-state index in [0.717, 1.165) is 30.8 Å². The molecule has 0 aliphatic carbocycles. The molecule has 1 aromatic heterocycles. The molecule has 2 aromatic rings. The summed E-state index contributed by atoms with van der Waals surface area (Å²) < 4.78 is 5.55. The van der Waals surface area contributed by atoms with Gasteiger partial charge in [0.15, 0.2) is 5.76 Å². The van der Waals surface area contributed by atoms with Gasteiger partial charge in [-0.25, -0.2) is 0 Å². The highest BCUT2D eigenvalue weighted by atomic mass is 16.4. The molecule has 3 rings (SSSR count). The van der Waals surface area contributed by atoms with E-state index in [-0.39, 0.29) is 5.91 Å². The molecule has 1 aromatic carbocycles. The summed E-state index contributed by atoms with van der Waals surface area (Å²) >= 11 is 0. The van der Waals surface area contributed by atoms with Gasteiger partial charge in [-0.2, -0.15) is 0 Å². The third-order valence-corrected chi connectivity index (χ3v) is 4.50. The normalized spacial score (nSPS) is 17.0. The van der Waals surface area contributed by atoms with Crippen molar-refractivity contribution in [2.45, 2.75) is 19.4 Å². The summed E-state index contributed by atoms with van der Waals surface area (Å²) in [5, 5.41) is 10.3. The van der Waals surface area contributed by atoms with Gasteiger partial charge < -0.3 is 14.4 Å². The second-order valence-electron chi connectivity index (χ2n) is 6.14. The number of aliphatic hydroxyl groups excluding tert-OH is 1. The summed E-state index contributed by atoms with van der Waals surface area (Å²) in [5.41, 5.74) is 0.929. The number of piperazine rings is 1. The van der Waals surface area contributed by atoms with Gasteiger partial charge in [-0.15, -0.1) is 0 Å². The van der Waals surface area contributed by atoms with Crippen molar-refractivity contribution in [3.05, 3.63) is 59.5 Å². The Morgan fingerprint density at radius 3 is 2.46 bits per heavy atom. The van der Waals surface area contributed by atoms with E-state index in [1.165, 1.54) is 0 Å². The summed E-state index contributed by atoms with van der Waals surface area (Å²) in [6.07, 6.45) is 0.295. The monoisotopic (exact) mass is 328 g/mol. The molecule has 1 N–H and O–H groups in total. The molecule has 0 unspecified atom stereocenters. The Hall–Kier alpha value is -2.11. The number of carbonyl (C=O) groups is 1. The first-order chi connectivity index (χ1) is 11.7. The molecule has 1 amide bonds. The van der Waals surface area contributed by atoms with Crippen LogP contribution in [0.25, 0.3) is 0 Å². The van der Waals surface area contributed by atoms with Crippen molar-refractivity contribution in [3.63, 3.8) is 0 Å². The molecule has 2 heterocycles. The summed E-state index contributed by atoms with van der Waals surface area (Å²) in [4.78, 5) is 16.5. The maximum atomic E-state index is 12.4. The molecular weight excluding hydrogens is 304 g/mol. The average molecular weight is 328 g/mol. The lowest BCUT2D eigenvalue weighted by atomic mass is 10.1. The fraction of sp³-hybridized carbons (Fsp3) is 0.421. The Morgan fingerprint density at radius 2 is 1.83 bits per heavy atom. The number of hydrogen-bond donors (Lipinski definition) is 1. The van der Waals surface area contributed by atoms with Gasteiger partial charge in [0.05, 0.1) is 6.10 Å². The molecule has 5 heteroatoms. The van der Waals surface area contributed by atoms with E-state index < -0.39 is 6.10 Å². The molecule has 1 aliphatic heterocycles. The van der Waals surface area contributed by atoms with Gasteiger partial charge >= 0.3 is 0 Å². The van der Waals surface area contributed by atoms with E-state index in [1.807, 2.05) is 48.2 Å². The van der Waals surface area contributed by atoms with Gasteiger partial charge in [0, 0.05) is 39.1 Å². The van der Waals surface area contributed by atoms with Crippen molar-refractivity contribution in [3.8, 4) is 0 Å². The van der Waals surface area contributed by atoms with Crippen LogP contribution in [-0.2, 0) is 6.42 Å². The van der Waals surface area contributed by atoms with Crippen LogP contribution in [0.2, 0.25) is 0 Å². The average Bonchev–Trinajstić information content (AvgIpc) is 3.11. The zero-order valence-corrected chi connectivity index (χ0v) is 14.0. The summed E-state index contributed by atoms with van der Waals surface area (Å²) in [5.74, 6) is 1.21. The van der Waals surface area contributed by atoms with E-state index in [9.17, 15) is 9.90 Å². The molecule has 1 atom stereocenters. The number of aliphatic hydroxyl groups is 1. The summed E-state index contributed by atoms with van der Waals surface area (Å²) in [6.45, 7) is 5.43. The van der Waals surface area contributed by atoms with Crippen LogP contribution < -0.4 is 0 Å². The van der Waals surface area contributed by atoms with Gasteiger partial charge in [-0.3, -0.25) is 9.69 Å². The van der Waals surface area contributed by atoms with Gasteiger partial charge in [0.1, 0.15) is 5.76 Å². The third-order valence-electron chi connectivity index (χ3n) is 4.50. The number of furan rings is 1. The van der Waals surface area contributed by atoms with Crippen molar-refractivity contribution in [2.75, 3.05) is 32.7 Å². The predicted octanol–water partition coefficient (Wildman–Crippen LogP) is 2.33. The number of rotatable bonds is 5. The first-order valence-corrected chi connectivity index (χ1v) is 8.50. The number of aryl methyl sites for hydroxylation is 1. The SMILES string of the molecule is CCc1ccc(C(=O)N2CCN(C[C@H](O)c3ccccc3)CC2)o1. The minimum absolute atomic E-state index is 0.0436. The highest BCUT2D eigenvalue weighted by Gasteiger charge is 2.25. The molecule has 1 aliphatic rings. The van der Waals surface area contributed by atoms with Crippen molar-refractivity contribution in [1.82, 2.24) is 9.80 Å². The lowest BCUT2D eigenvalue weighted by Gasteiger charge is -2.35. The van der Waals surface area contributed by atoms with Crippen LogP contribution in [0.1, 0.15) is 34.9 Å². The Kier molecular flexibility index (Phi) is 5.33. The maximum Gasteiger partial charge on any atom is 0.289 e. The lowest BCUT2D eigenvalue weighted by molar-refractivity contribution is 0.0502. The molecule has 24 heavy (non-hydrogen) atoms. The molecule has 1 fully saturated rings. The van der Waals surface area contributed by atoms with Crippen molar-refractivity contribution in [1.29, 1.82) is 0 Å². The lowest BCUT2D eigenvalue weighted by Crippen LogP contribution is -2.49. The number of amides is 1. The number of carbonyl (C=O) groups excluding carboxylic acids is 1. The van der Waals surface area contributed by atoms with Gasteiger partial charge in [0.2, 0.25) is 0 Å². The van der Waals surface area contributed by atoms with Crippen LogP contribution in [0, 0.1) is 0 Å². The van der Waals surface area contributed by atoms with Crippen LogP contribution in [0.5, 0.6) is 0 Å². The van der Waals surface area contributed by atoms with Crippen LogP contribution >= 0.6 is 0 Å². The molecule has 0 bridgehead atoms. The van der Waals surface area contributed by atoms with Gasteiger partial charge in [-0.05, 0) is 17.7 Å². The predicted molar refractivity (Wildman–Crippen MR) is 91.8 cm³/mol. The quantitative estimate of drug-likeness (QED) is 0.915. The molecule has 0 saturated carbocycles. The molecular formula is C19H24N2O3. The maximum absolute atomic E-state index is 12.4. The largest absolute Gasteiger partial charge is 0.456 e. The highest BCUT2D eigenvalue weighted by Crippen LogP contribution is 2.16. The van der Waals surface area contributed by atoms with E-state index in [4.69, 9.17) is 4.42 Å². The van der Waals surface area contributed by atoms with Crippen molar-refractivity contribution < 1.29 is 14.3 Å². The molecule has 0 spiro atoms. The van der Waals surface area contributed by atoms with Crippen LogP contribution in [0.4, 0.5) is 0 Å². The third kappa shape index (κ3) is 3.86. The zero-order chi connectivity index (χ0) is 16.9. The van der Waals surface area contributed by atoms with E-state index in [0.29, 0.717) is 25.4 Å². The number of β-amino-alcohol motifs (C(OH)–C–C–N with tert-alkyl or cyclic N) is 1. The Bertz CT molecular complexity index is 660. The zero-order valence-electron chi connectivity index (χ0n) is 14.0. The molecule has 1 saturated heterocycles. The van der Waals surface area contributed by atoms with Gasteiger partial charge in [0.25, 0.3) is 5.91 Å². The van der Waals surface area contributed by atoms with E-state index in [1.54, 1.807) is 6.07 Å². The number of benzene rings is 1. The molecule has 128 valence electrons. The summed E-state index contributed by atoms with van der Waals surface area (Å²) in [6, 6.07) is 13.3. The standard InChI is InChI=1S/C19H24N2O3/c1-2-16-8-9-18(24-16)19(23)21-12-10-20(11-13-21)14-17(22)15-6-4-3-5-7-15/h3-9,17,22H,2,10-14H2,1H3/t17-/m0/s1.